The van der Waals surface area contributed by atoms with Gasteiger partial charge in [-0.3, -0.25) is 5.43 Å². The number of ether oxygens (including phenoxy) is 3. The number of anilines is 6. The van der Waals surface area contributed by atoms with Crippen LogP contribution in [0.15, 0.2) is 151 Å². The third-order valence-corrected chi connectivity index (χ3v) is 8.20. The number of nitrogens with zero attached hydrogens (tertiary/aromatic N) is 3. The number of hydrogen-bond donors (Lipinski definition) is 1. The summed E-state index contributed by atoms with van der Waals surface area (Å²) in [7, 11) is 0. The van der Waals surface area contributed by atoms with Gasteiger partial charge in [-0.1, -0.05) is 60.7 Å². The van der Waals surface area contributed by atoms with Crippen LogP contribution in [0.5, 0.6) is 23.0 Å². The normalized spacial score (nSPS) is 15.6. The lowest BCUT2D eigenvalue weighted by molar-refractivity contribution is 0.192. The molecular weight excluding hydrogens is 560 g/mol. The molecule has 216 valence electrons. The highest BCUT2D eigenvalue weighted by Gasteiger charge is 2.28. The van der Waals surface area contributed by atoms with E-state index in [2.05, 4.69) is 81.0 Å². The molecule has 1 atom stereocenters. The molecule has 6 aromatic rings. The molecule has 0 aliphatic carbocycles. The van der Waals surface area contributed by atoms with Gasteiger partial charge in [0, 0.05) is 22.5 Å². The average molecular weight is 587 g/mol. The molecule has 9 rings (SSSR count). The molecule has 1 N–H and O–H groups in total. The molecule has 7 nitrogen and oxygen atoms in total. The van der Waals surface area contributed by atoms with E-state index in [-0.39, 0.29) is 0 Å². The van der Waals surface area contributed by atoms with Gasteiger partial charge in [-0.15, -0.1) is 5.10 Å². The van der Waals surface area contributed by atoms with Gasteiger partial charge in [0.1, 0.15) is 0 Å². The quantitative estimate of drug-likeness (QED) is 0.222. The highest BCUT2D eigenvalue weighted by Crippen LogP contribution is 2.51. The Kier molecular flexibility index (Phi) is 5.74. The molecule has 0 saturated heterocycles. The molecule has 0 bridgehead atoms. The largest absolute Gasteiger partial charge is 0.453 e. The van der Waals surface area contributed by atoms with Gasteiger partial charge in [-0.2, -0.15) is 0 Å². The van der Waals surface area contributed by atoms with E-state index in [1.807, 2.05) is 84.9 Å². The molecular formula is C38H26N4O3. The number of rotatable bonds is 4. The van der Waals surface area contributed by atoms with Gasteiger partial charge in [0.25, 0.3) is 0 Å². The van der Waals surface area contributed by atoms with Crippen molar-refractivity contribution in [3.63, 3.8) is 0 Å². The van der Waals surface area contributed by atoms with Crippen molar-refractivity contribution >= 4 is 40.0 Å². The Morgan fingerprint density at radius 1 is 0.467 bits per heavy atom. The number of para-hydroxylation sites is 8. The third kappa shape index (κ3) is 4.24. The molecule has 1 unspecified atom stereocenters. The van der Waals surface area contributed by atoms with Gasteiger partial charge in [-0.25, -0.2) is 0 Å². The zero-order valence-corrected chi connectivity index (χ0v) is 24.0. The van der Waals surface area contributed by atoms with Crippen LogP contribution in [0.25, 0.3) is 0 Å². The van der Waals surface area contributed by atoms with Gasteiger partial charge < -0.3 is 24.0 Å². The fourth-order valence-electron chi connectivity index (χ4n) is 6.07. The Hall–Kier alpha value is -6.21. The van der Waals surface area contributed by atoms with Crippen LogP contribution in [0, 0.1) is 0 Å². The molecule has 0 saturated carbocycles. The minimum atomic E-state index is -0.393. The average Bonchev–Trinajstić information content (AvgIpc) is 3.60. The first kappa shape index (κ1) is 25.3. The Bertz CT molecular complexity index is 2000. The first-order chi connectivity index (χ1) is 22.3. The molecule has 0 amide bonds. The van der Waals surface area contributed by atoms with Crippen LogP contribution in [-0.2, 0) is 4.74 Å². The Labute approximate surface area is 260 Å². The second-order valence-corrected chi connectivity index (χ2v) is 10.9. The summed E-state index contributed by atoms with van der Waals surface area (Å²) in [5, 5.41) is 4.53. The highest BCUT2D eigenvalue weighted by molar-refractivity contribution is 5.96. The second-order valence-electron chi connectivity index (χ2n) is 10.9. The first-order valence-electron chi connectivity index (χ1n) is 14.8. The van der Waals surface area contributed by atoms with Crippen LogP contribution in [0.4, 0.5) is 34.1 Å². The second kappa shape index (κ2) is 10.2. The smallest absolute Gasteiger partial charge is 0.240 e. The van der Waals surface area contributed by atoms with Crippen LogP contribution in [-0.4, -0.2) is 5.90 Å². The minimum absolute atomic E-state index is 0.393. The fourth-order valence-corrected chi connectivity index (χ4v) is 6.07. The van der Waals surface area contributed by atoms with Crippen molar-refractivity contribution in [3.8, 4) is 23.0 Å². The maximum absolute atomic E-state index is 6.30. The van der Waals surface area contributed by atoms with E-state index in [0.29, 0.717) is 5.90 Å². The summed E-state index contributed by atoms with van der Waals surface area (Å²) in [6.45, 7) is 0. The van der Waals surface area contributed by atoms with Gasteiger partial charge in [0.05, 0.1) is 22.7 Å². The number of hydrogen-bond acceptors (Lipinski definition) is 7. The monoisotopic (exact) mass is 586 g/mol. The maximum atomic E-state index is 6.30. The van der Waals surface area contributed by atoms with Gasteiger partial charge in [-0.05, 0) is 84.9 Å². The molecule has 3 heterocycles. The lowest BCUT2D eigenvalue weighted by Gasteiger charge is -2.32. The molecule has 6 aromatic carbocycles. The summed E-state index contributed by atoms with van der Waals surface area (Å²) in [6.07, 6.45) is -0.393. The van der Waals surface area contributed by atoms with Crippen molar-refractivity contribution in [1.82, 2.24) is 5.43 Å². The molecule has 3 aliphatic heterocycles. The number of nitrogens with one attached hydrogen (secondary N) is 1. The third-order valence-electron chi connectivity index (χ3n) is 8.20. The molecule has 0 aromatic heterocycles. The van der Waals surface area contributed by atoms with Gasteiger partial charge >= 0.3 is 0 Å². The van der Waals surface area contributed by atoms with Crippen LogP contribution < -0.4 is 24.7 Å². The van der Waals surface area contributed by atoms with Crippen LogP contribution in [0.1, 0.15) is 17.4 Å². The summed E-state index contributed by atoms with van der Waals surface area (Å²) in [5.74, 6) is 3.85. The predicted molar refractivity (Wildman–Crippen MR) is 176 cm³/mol. The number of benzene rings is 6. The summed E-state index contributed by atoms with van der Waals surface area (Å²) in [5.41, 5.74) is 11.1. The van der Waals surface area contributed by atoms with Crippen LogP contribution >= 0.6 is 0 Å². The number of hydrazone groups is 1. The maximum Gasteiger partial charge on any atom is 0.240 e. The Balaban J connectivity index is 0.951. The van der Waals surface area contributed by atoms with E-state index in [1.54, 1.807) is 0 Å². The molecule has 0 fully saturated rings. The number of fused-ring (bicyclic) bond motifs is 4. The molecule has 3 aliphatic rings. The standard InChI is InChI=1S/C38H26N4O3/c1-5-13-33-29(9-1)41(30-10-2-6-14-34(30)43-33)27-21-17-25(18-22-27)37-39-40-38(45-37)26-19-23-28(24-20-26)42-31-11-3-7-15-35(31)44-36-16-8-4-12-32(36)42/h1-24,37,39H. The van der Waals surface area contributed by atoms with E-state index in [4.69, 9.17) is 14.2 Å². The molecule has 0 radical (unpaired) electrons. The van der Waals surface area contributed by atoms with Gasteiger partial charge in [0.15, 0.2) is 23.0 Å². The zero-order chi connectivity index (χ0) is 29.7. The van der Waals surface area contributed by atoms with Crippen molar-refractivity contribution in [1.29, 1.82) is 0 Å². The Morgan fingerprint density at radius 3 is 1.31 bits per heavy atom. The van der Waals surface area contributed by atoms with E-state index in [0.717, 1.165) is 68.2 Å². The minimum Gasteiger partial charge on any atom is -0.453 e. The van der Waals surface area contributed by atoms with Crippen molar-refractivity contribution < 1.29 is 14.2 Å². The van der Waals surface area contributed by atoms with E-state index in [1.165, 1.54) is 0 Å². The topological polar surface area (TPSA) is 58.6 Å². The molecule has 7 heteroatoms. The van der Waals surface area contributed by atoms with Gasteiger partial charge in [0.2, 0.25) is 12.1 Å². The fraction of sp³-hybridized carbons (Fsp3) is 0.0263. The predicted octanol–water partition coefficient (Wildman–Crippen LogP) is 9.82. The van der Waals surface area contributed by atoms with Crippen molar-refractivity contribution in [2.75, 3.05) is 9.80 Å². The van der Waals surface area contributed by atoms with E-state index in [9.17, 15) is 0 Å². The van der Waals surface area contributed by atoms with Crippen LogP contribution in [0.3, 0.4) is 0 Å². The Morgan fingerprint density at radius 2 is 0.867 bits per heavy atom. The lowest BCUT2D eigenvalue weighted by Crippen LogP contribution is -2.16. The summed E-state index contributed by atoms with van der Waals surface area (Å²) < 4.78 is 18.6. The molecule has 0 spiro atoms. The summed E-state index contributed by atoms with van der Waals surface area (Å²) in [4.78, 5) is 4.43. The SMILES string of the molecule is c1ccc2c(c1)Oc1ccccc1N2c1ccc(C2=NNC(c3ccc(N4c5ccccc5Oc5ccccc54)cc3)O2)cc1. The molecule has 45 heavy (non-hydrogen) atoms. The van der Waals surface area contributed by atoms with Crippen molar-refractivity contribution in [2.24, 2.45) is 5.10 Å². The zero-order valence-electron chi connectivity index (χ0n) is 24.0. The summed E-state index contributed by atoms with van der Waals surface area (Å²) in [6, 6.07) is 48.9. The summed E-state index contributed by atoms with van der Waals surface area (Å²) >= 11 is 0. The van der Waals surface area contributed by atoms with Crippen molar-refractivity contribution in [2.45, 2.75) is 6.23 Å². The lowest BCUT2D eigenvalue weighted by atomic mass is 10.1. The first-order valence-corrected chi connectivity index (χ1v) is 14.8. The van der Waals surface area contributed by atoms with Crippen LogP contribution in [0.2, 0.25) is 0 Å². The van der Waals surface area contributed by atoms with Crippen molar-refractivity contribution in [3.05, 3.63) is 157 Å². The van der Waals surface area contributed by atoms with E-state index < -0.39 is 6.23 Å². The van der Waals surface area contributed by atoms with E-state index >= 15 is 0 Å². The highest BCUT2D eigenvalue weighted by atomic mass is 16.5.